The minimum absolute atomic E-state index is 0.154. The third-order valence-electron chi connectivity index (χ3n) is 5.60. The summed E-state index contributed by atoms with van der Waals surface area (Å²) in [6, 6.07) is 8.20. The second-order valence-electron chi connectivity index (χ2n) is 8.18. The van der Waals surface area contributed by atoms with E-state index >= 15 is 0 Å². The van der Waals surface area contributed by atoms with Gasteiger partial charge in [-0.25, -0.2) is 0 Å². The summed E-state index contributed by atoms with van der Waals surface area (Å²) in [6.45, 7) is 7.34. The molecule has 5 nitrogen and oxygen atoms in total. The monoisotopic (exact) mass is 442 g/mol. The highest BCUT2D eigenvalue weighted by atomic mass is 16.3. The molecule has 0 radical (unpaired) electrons. The Labute approximate surface area is 194 Å². The lowest BCUT2D eigenvalue weighted by Crippen LogP contribution is -2.35. The number of anilines is 1. The molecule has 1 rings (SSSR count). The SMILES string of the molecule is CCC(O)C=CC=CC=CC(O)CCCC(C(=O)N(CC)CC)c1ccc(N(C)C)cc1. The van der Waals surface area contributed by atoms with Gasteiger partial charge in [-0.3, -0.25) is 4.79 Å². The molecule has 0 heterocycles. The normalized spacial score (nSPS) is 14.8. The Morgan fingerprint density at radius 2 is 1.44 bits per heavy atom. The number of likely N-dealkylation sites (N-methyl/N-ethyl adjacent to an activating group) is 1. The molecule has 5 heteroatoms. The number of hydrogen-bond donors (Lipinski definition) is 2. The van der Waals surface area contributed by atoms with Crippen LogP contribution >= 0.6 is 0 Å². The standard InChI is InChI=1S/C27H42N2O3/c1-6-24(30)14-11-9-10-12-15-25(31)16-13-17-26(27(32)29(7-2)8-3)22-18-20-23(21-19-22)28(4)5/h9-12,14-15,18-21,24-26,30-31H,6-8,13,16-17H2,1-5H3. The first-order chi connectivity index (χ1) is 15.3. The molecule has 0 bridgehead atoms. The highest BCUT2D eigenvalue weighted by Gasteiger charge is 2.24. The lowest BCUT2D eigenvalue weighted by molar-refractivity contribution is -0.132. The van der Waals surface area contributed by atoms with Gasteiger partial charge < -0.3 is 20.0 Å². The number of aliphatic hydroxyl groups is 2. The first kappa shape index (κ1) is 27.7. The topological polar surface area (TPSA) is 64.0 Å². The number of rotatable bonds is 14. The number of nitrogens with zero attached hydrogens (tertiary/aromatic N) is 2. The predicted octanol–water partition coefficient (Wildman–Crippen LogP) is 4.68. The number of allylic oxidation sites excluding steroid dienone is 4. The Balaban J connectivity index is 2.71. The van der Waals surface area contributed by atoms with Crippen LogP contribution in [0.15, 0.2) is 60.7 Å². The number of amides is 1. The molecule has 0 aliphatic rings. The van der Waals surface area contributed by atoms with E-state index in [9.17, 15) is 15.0 Å². The average molecular weight is 443 g/mol. The smallest absolute Gasteiger partial charge is 0.230 e. The maximum atomic E-state index is 13.1. The van der Waals surface area contributed by atoms with Gasteiger partial charge in [0, 0.05) is 32.9 Å². The first-order valence-corrected chi connectivity index (χ1v) is 11.8. The molecule has 32 heavy (non-hydrogen) atoms. The molecule has 1 amide bonds. The van der Waals surface area contributed by atoms with Gasteiger partial charge in [-0.15, -0.1) is 0 Å². The number of carbonyl (C=O) groups is 1. The van der Waals surface area contributed by atoms with Crippen molar-refractivity contribution in [3.05, 3.63) is 66.3 Å². The van der Waals surface area contributed by atoms with E-state index in [0.717, 1.165) is 17.7 Å². The van der Waals surface area contributed by atoms with E-state index < -0.39 is 12.2 Å². The van der Waals surface area contributed by atoms with E-state index in [1.165, 1.54) is 0 Å². The van der Waals surface area contributed by atoms with Gasteiger partial charge in [0.25, 0.3) is 0 Å². The van der Waals surface area contributed by atoms with Crippen LogP contribution in [-0.4, -0.2) is 60.4 Å². The average Bonchev–Trinajstić information content (AvgIpc) is 2.79. The van der Waals surface area contributed by atoms with Crippen LogP contribution in [0.2, 0.25) is 0 Å². The van der Waals surface area contributed by atoms with Gasteiger partial charge in [0.15, 0.2) is 0 Å². The zero-order valence-corrected chi connectivity index (χ0v) is 20.4. The molecule has 0 fully saturated rings. The maximum Gasteiger partial charge on any atom is 0.230 e. The fraction of sp³-hybridized carbons (Fsp3) is 0.519. The zero-order chi connectivity index (χ0) is 23.9. The second-order valence-corrected chi connectivity index (χ2v) is 8.18. The molecule has 1 aromatic carbocycles. The van der Waals surface area contributed by atoms with Crippen molar-refractivity contribution in [1.29, 1.82) is 0 Å². The van der Waals surface area contributed by atoms with Crippen molar-refractivity contribution in [1.82, 2.24) is 4.90 Å². The van der Waals surface area contributed by atoms with E-state index in [1.807, 2.05) is 75.0 Å². The summed E-state index contributed by atoms with van der Waals surface area (Å²) in [6.07, 6.45) is 12.6. The molecule has 1 aromatic rings. The van der Waals surface area contributed by atoms with E-state index in [0.29, 0.717) is 32.4 Å². The summed E-state index contributed by atoms with van der Waals surface area (Å²) in [4.78, 5) is 17.1. The van der Waals surface area contributed by atoms with Crippen LogP contribution in [0.1, 0.15) is 57.9 Å². The molecule has 0 aromatic heterocycles. The molecule has 0 saturated heterocycles. The van der Waals surface area contributed by atoms with Crippen LogP contribution in [0.3, 0.4) is 0 Å². The Bertz CT molecular complexity index is 734. The Morgan fingerprint density at radius 1 is 0.875 bits per heavy atom. The second kappa shape index (κ2) is 15.4. The molecular weight excluding hydrogens is 400 g/mol. The Hall–Kier alpha value is -2.37. The fourth-order valence-electron chi connectivity index (χ4n) is 3.47. The van der Waals surface area contributed by atoms with E-state index in [4.69, 9.17) is 0 Å². The molecule has 0 aliphatic carbocycles. The molecule has 3 unspecified atom stereocenters. The van der Waals surface area contributed by atoms with Crippen molar-refractivity contribution in [2.75, 3.05) is 32.1 Å². The predicted molar refractivity (Wildman–Crippen MR) is 135 cm³/mol. The van der Waals surface area contributed by atoms with Crippen molar-refractivity contribution in [3.8, 4) is 0 Å². The largest absolute Gasteiger partial charge is 0.389 e. The van der Waals surface area contributed by atoms with E-state index in [-0.39, 0.29) is 11.8 Å². The molecule has 3 atom stereocenters. The van der Waals surface area contributed by atoms with E-state index in [1.54, 1.807) is 18.2 Å². The van der Waals surface area contributed by atoms with Crippen LogP contribution in [0.5, 0.6) is 0 Å². The van der Waals surface area contributed by atoms with Crippen LogP contribution in [0.25, 0.3) is 0 Å². The van der Waals surface area contributed by atoms with Crippen LogP contribution in [0.4, 0.5) is 5.69 Å². The summed E-state index contributed by atoms with van der Waals surface area (Å²) in [5.74, 6) is -0.0426. The summed E-state index contributed by atoms with van der Waals surface area (Å²) >= 11 is 0. The number of hydrogen-bond acceptors (Lipinski definition) is 4. The highest BCUT2D eigenvalue weighted by Crippen LogP contribution is 2.27. The molecule has 2 N–H and O–H groups in total. The van der Waals surface area contributed by atoms with Gasteiger partial charge in [-0.05, 0) is 57.2 Å². The summed E-state index contributed by atoms with van der Waals surface area (Å²) < 4.78 is 0. The van der Waals surface area contributed by atoms with Gasteiger partial charge in [-0.2, -0.15) is 0 Å². The fourth-order valence-corrected chi connectivity index (χ4v) is 3.47. The van der Waals surface area contributed by atoms with Crippen molar-refractivity contribution in [3.63, 3.8) is 0 Å². The highest BCUT2D eigenvalue weighted by molar-refractivity contribution is 5.83. The van der Waals surface area contributed by atoms with Crippen molar-refractivity contribution in [2.45, 2.75) is 64.6 Å². The van der Waals surface area contributed by atoms with Crippen LogP contribution in [0, 0.1) is 0 Å². The van der Waals surface area contributed by atoms with Gasteiger partial charge in [0.05, 0.1) is 18.1 Å². The Kier molecular flexibility index (Phi) is 13.3. The minimum atomic E-state index is -0.551. The van der Waals surface area contributed by atoms with Crippen LogP contribution in [-0.2, 0) is 4.79 Å². The summed E-state index contributed by atoms with van der Waals surface area (Å²) in [7, 11) is 4.00. The molecule has 0 aliphatic heterocycles. The zero-order valence-electron chi connectivity index (χ0n) is 20.4. The van der Waals surface area contributed by atoms with Gasteiger partial charge in [0.2, 0.25) is 5.91 Å². The van der Waals surface area contributed by atoms with Crippen molar-refractivity contribution < 1.29 is 15.0 Å². The first-order valence-electron chi connectivity index (χ1n) is 11.8. The van der Waals surface area contributed by atoms with Crippen molar-refractivity contribution in [2.24, 2.45) is 0 Å². The van der Waals surface area contributed by atoms with Gasteiger partial charge in [0.1, 0.15) is 0 Å². The minimum Gasteiger partial charge on any atom is -0.389 e. The third-order valence-corrected chi connectivity index (χ3v) is 5.60. The number of aliphatic hydroxyl groups excluding tert-OH is 2. The number of carbonyl (C=O) groups excluding carboxylic acids is 1. The molecule has 178 valence electrons. The van der Waals surface area contributed by atoms with Gasteiger partial charge in [-0.1, -0.05) is 55.5 Å². The van der Waals surface area contributed by atoms with Gasteiger partial charge >= 0.3 is 0 Å². The Morgan fingerprint density at radius 3 is 1.94 bits per heavy atom. The lowest BCUT2D eigenvalue weighted by atomic mass is 9.91. The summed E-state index contributed by atoms with van der Waals surface area (Å²) in [5.41, 5.74) is 2.14. The van der Waals surface area contributed by atoms with Crippen LogP contribution < -0.4 is 4.90 Å². The quantitative estimate of drug-likeness (QED) is 0.411. The molecule has 0 saturated carbocycles. The number of benzene rings is 1. The lowest BCUT2D eigenvalue weighted by Gasteiger charge is -2.26. The van der Waals surface area contributed by atoms with Crippen molar-refractivity contribution >= 4 is 11.6 Å². The molecule has 0 spiro atoms. The third kappa shape index (κ3) is 9.84. The maximum absolute atomic E-state index is 13.1. The molecular formula is C27H42N2O3. The summed E-state index contributed by atoms with van der Waals surface area (Å²) in [5, 5.41) is 19.7. The van der Waals surface area contributed by atoms with E-state index in [2.05, 4.69) is 12.1 Å².